The number of amides is 1. The minimum atomic E-state index is -0.632. The van der Waals surface area contributed by atoms with Crippen LogP contribution in [0.1, 0.15) is 34.8 Å². The molecule has 1 N–H and O–H groups in total. The van der Waals surface area contributed by atoms with Gasteiger partial charge in [0.05, 0.1) is 39.7 Å². The van der Waals surface area contributed by atoms with Gasteiger partial charge >= 0.3 is 5.97 Å². The highest BCUT2D eigenvalue weighted by atomic mass is 16.6. The molecule has 0 bridgehead atoms. The standard InChI is InChI=1S/C28H30N2O7/c1-5-36-23-15-20(18-29-30-26(31)14-12-19-9-7-6-8-10-19)11-13-22(23)37-28(32)21-16-24(33-2)27(35-4)25(17-21)34-3/h6-11,13,15-18H,5,12,14H2,1-4H3,(H,30,31)/b29-18-. The Hall–Kier alpha value is -4.53. The molecule has 3 aromatic carbocycles. The SMILES string of the molecule is CCOc1cc(/C=N\NC(=O)CCc2ccccc2)ccc1OC(=O)c1cc(OC)c(OC)c(OC)c1. The van der Waals surface area contributed by atoms with Gasteiger partial charge in [0.25, 0.3) is 0 Å². The molecule has 0 aliphatic rings. The summed E-state index contributed by atoms with van der Waals surface area (Å²) in [6.07, 6.45) is 2.44. The van der Waals surface area contributed by atoms with Gasteiger partial charge in [0.2, 0.25) is 11.7 Å². The van der Waals surface area contributed by atoms with E-state index in [-0.39, 0.29) is 17.2 Å². The number of ether oxygens (including phenoxy) is 5. The zero-order valence-electron chi connectivity index (χ0n) is 21.3. The third-order valence-electron chi connectivity index (χ3n) is 5.26. The Labute approximate surface area is 216 Å². The van der Waals surface area contributed by atoms with Crippen LogP contribution in [0.15, 0.2) is 65.8 Å². The number of hydrazone groups is 1. The van der Waals surface area contributed by atoms with Crippen molar-refractivity contribution < 1.29 is 33.3 Å². The normalized spacial score (nSPS) is 10.6. The second-order valence-electron chi connectivity index (χ2n) is 7.72. The largest absolute Gasteiger partial charge is 0.493 e. The summed E-state index contributed by atoms with van der Waals surface area (Å²) >= 11 is 0. The highest BCUT2D eigenvalue weighted by Gasteiger charge is 2.20. The lowest BCUT2D eigenvalue weighted by molar-refractivity contribution is -0.121. The number of benzene rings is 3. The number of carbonyl (C=O) groups excluding carboxylic acids is 2. The number of aryl methyl sites for hydroxylation is 1. The van der Waals surface area contributed by atoms with E-state index in [0.717, 1.165) is 5.56 Å². The van der Waals surface area contributed by atoms with Gasteiger partial charge in [-0.3, -0.25) is 4.79 Å². The van der Waals surface area contributed by atoms with Crippen molar-refractivity contribution >= 4 is 18.1 Å². The van der Waals surface area contributed by atoms with Crippen LogP contribution in [0.3, 0.4) is 0 Å². The van der Waals surface area contributed by atoms with E-state index in [9.17, 15) is 9.59 Å². The molecule has 0 saturated heterocycles. The Balaban J connectivity index is 1.68. The van der Waals surface area contributed by atoms with Gasteiger partial charge in [0.1, 0.15) is 0 Å². The highest BCUT2D eigenvalue weighted by Crippen LogP contribution is 2.38. The number of rotatable bonds is 12. The van der Waals surface area contributed by atoms with Gasteiger partial charge < -0.3 is 23.7 Å². The molecule has 3 aromatic rings. The van der Waals surface area contributed by atoms with Crippen LogP contribution in [0.2, 0.25) is 0 Å². The number of nitrogens with zero attached hydrogens (tertiary/aromatic N) is 1. The average molecular weight is 507 g/mol. The molecule has 0 aliphatic carbocycles. The quantitative estimate of drug-likeness (QED) is 0.168. The van der Waals surface area contributed by atoms with Gasteiger partial charge in [0, 0.05) is 6.42 Å². The molecule has 0 heterocycles. The first-order valence-corrected chi connectivity index (χ1v) is 11.6. The maximum atomic E-state index is 12.9. The van der Waals surface area contributed by atoms with E-state index in [2.05, 4.69) is 10.5 Å². The molecule has 194 valence electrons. The summed E-state index contributed by atoms with van der Waals surface area (Å²) in [5.41, 5.74) is 4.47. The number of carbonyl (C=O) groups is 2. The molecule has 9 nitrogen and oxygen atoms in total. The van der Waals surface area contributed by atoms with E-state index in [1.165, 1.54) is 39.7 Å². The van der Waals surface area contributed by atoms with E-state index >= 15 is 0 Å². The maximum absolute atomic E-state index is 12.9. The van der Waals surface area contributed by atoms with Crippen LogP contribution in [-0.2, 0) is 11.2 Å². The van der Waals surface area contributed by atoms with Crippen molar-refractivity contribution in [1.29, 1.82) is 0 Å². The minimum Gasteiger partial charge on any atom is -0.493 e. The topological polar surface area (TPSA) is 105 Å². The number of hydrogen-bond donors (Lipinski definition) is 1. The van der Waals surface area contributed by atoms with Gasteiger partial charge in [-0.1, -0.05) is 30.3 Å². The van der Waals surface area contributed by atoms with Crippen LogP contribution in [0.5, 0.6) is 28.7 Å². The number of hydrogen-bond acceptors (Lipinski definition) is 8. The molecular formula is C28H30N2O7. The fourth-order valence-corrected chi connectivity index (χ4v) is 3.45. The minimum absolute atomic E-state index is 0.193. The maximum Gasteiger partial charge on any atom is 0.343 e. The molecule has 0 aromatic heterocycles. The molecule has 0 unspecified atom stereocenters. The van der Waals surface area contributed by atoms with Gasteiger partial charge in [-0.2, -0.15) is 5.10 Å². The Bertz CT molecular complexity index is 1220. The number of nitrogens with one attached hydrogen (secondary N) is 1. The Morgan fingerprint density at radius 1 is 0.865 bits per heavy atom. The molecule has 9 heteroatoms. The summed E-state index contributed by atoms with van der Waals surface area (Å²) in [7, 11) is 4.41. The van der Waals surface area contributed by atoms with E-state index in [1.54, 1.807) is 18.2 Å². The predicted molar refractivity (Wildman–Crippen MR) is 139 cm³/mol. The Kier molecular flexibility index (Phi) is 9.90. The second kappa shape index (κ2) is 13.5. The molecule has 37 heavy (non-hydrogen) atoms. The van der Waals surface area contributed by atoms with Crippen molar-refractivity contribution in [2.24, 2.45) is 5.10 Å². The third-order valence-corrected chi connectivity index (χ3v) is 5.26. The van der Waals surface area contributed by atoms with Crippen LogP contribution in [0, 0.1) is 0 Å². The van der Waals surface area contributed by atoms with E-state index < -0.39 is 5.97 Å². The number of esters is 1. The summed E-state index contributed by atoms with van der Waals surface area (Å²) < 4.78 is 27.2. The molecule has 0 radical (unpaired) electrons. The summed E-state index contributed by atoms with van der Waals surface area (Å²) in [5.74, 6) is 0.778. The fraction of sp³-hybridized carbons (Fsp3) is 0.250. The van der Waals surface area contributed by atoms with Crippen LogP contribution >= 0.6 is 0 Å². The van der Waals surface area contributed by atoms with Crippen LogP contribution in [-0.4, -0.2) is 46.0 Å². The van der Waals surface area contributed by atoms with E-state index in [4.69, 9.17) is 23.7 Å². The lowest BCUT2D eigenvalue weighted by Crippen LogP contribution is -2.17. The van der Waals surface area contributed by atoms with Crippen LogP contribution < -0.4 is 29.1 Å². The van der Waals surface area contributed by atoms with Crippen molar-refractivity contribution in [2.75, 3.05) is 27.9 Å². The van der Waals surface area contributed by atoms with Gasteiger partial charge in [0.15, 0.2) is 23.0 Å². The first-order chi connectivity index (χ1) is 18.0. The molecule has 3 rings (SSSR count). The molecule has 0 fully saturated rings. The van der Waals surface area contributed by atoms with Crippen molar-refractivity contribution in [3.05, 3.63) is 77.4 Å². The Morgan fingerprint density at radius 3 is 2.19 bits per heavy atom. The summed E-state index contributed by atoms with van der Waals surface area (Å²) in [4.78, 5) is 25.0. The molecule has 0 saturated carbocycles. The lowest BCUT2D eigenvalue weighted by atomic mass is 10.1. The van der Waals surface area contributed by atoms with Gasteiger partial charge in [-0.05, 0) is 54.8 Å². The van der Waals surface area contributed by atoms with Crippen molar-refractivity contribution in [1.82, 2.24) is 5.43 Å². The molecule has 0 spiro atoms. The highest BCUT2D eigenvalue weighted by molar-refractivity contribution is 5.93. The summed E-state index contributed by atoms with van der Waals surface area (Å²) in [6, 6.07) is 17.7. The van der Waals surface area contributed by atoms with E-state index in [0.29, 0.717) is 48.0 Å². The first kappa shape index (κ1) is 27.1. The summed E-state index contributed by atoms with van der Waals surface area (Å²) in [6.45, 7) is 2.17. The first-order valence-electron chi connectivity index (χ1n) is 11.6. The fourth-order valence-electron chi connectivity index (χ4n) is 3.45. The molecule has 0 atom stereocenters. The lowest BCUT2D eigenvalue weighted by Gasteiger charge is -2.15. The molecule has 1 amide bonds. The van der Waals surface area contributed by atoms with Gasteiger partial charge in [-0.15, -0.1) is 0 Å². The Morgan fingerprint density at radius 2 is 1.57 bits per heavy atom. The van der Waals surface area contributed by atoms with Crippen molar-refractivity contribution in [3.63, 3.8) is 0 Å². The monoisotopic (exact) mass is 506 g/mol. The zero-order valence-corrected chi connectivity index (χ0v) is 21.3. The number of methoxy groups -OCH3 is 3. The van der Waals surface area contributed by atoms with Gasteiger partial charge in [-0.25, -0.2) is 10.2 Å². The van der Waals surface area contributed by atoms with Crippen molar-refractivity contribution in [3.8, 4) is 28.7 Å². The average Bonchev–Trinajstić information content (AvgIpc) is 2.93. The summed E-state index contributed by atoms with van der Waals surface area (Å²) in [5, 5.41) is 4.02. The third kappa shape index (κ3) is 7.47. The van der Waals surface area contributed by atoms with Crippen LogP contribution in [0.25, 0.3) is 0 Å². The zero-order chi connectivity index (χ0) is 26.6. The molecular weight excluding hydrogens is 476 g/mol. The van der Waals surface area contributed by atoms with Crippen LogP contribution in [0.4, 0.5) is 0 Å². The smallest absolute Gasteiger partial charge is 0.343 e. The molecule has 0 aliphatic heterocycles. The van der Waals surface area contributed by atoms with E-state index in [1.807, 2.05) is 37.3 Å². The second-order valence-corrected chi connectivity index (χ2v) is 7.72. The predicted octanol–water partition coefficient (Wildman–Crippen LogP) is 4.41. The van der Waals surface area contributed by atoms with Crippen molar-refractivity contribution in [2.45, 2.75) is 19.8 Å².